The van der Waals surface area contributed by atoms with Crippen molar-refractivity contribution < 1.29 is 5.11 Å². The molecule has 1 aromatic rings. The summed E-state index contributed by atoms with van der Waals surface area (Å²) < 4.78 is 2.02. The van der Waals surface area contributed by atoms with Crippen molar-refractivity contribution in [2.75, 3.05) is 0 Å². The maximum absolute atomic E-state index is 9.38. The zero-order valence-corrected chi connectivity index (χ0v) is 11.4. The molecule has 0 saturated heterocycles. The molecule has 0 radical (unpaired) electrons. The first-order chi connectivity index (χ1) is 7.54. The van der Waals surface area contributed by atoms with Gasteiger partial charge in [-0.15, -0.1) is 11.8 Å². The van der Waals surface area contributed by atoms with Crippen molar-refractivity contribution in [3.05, 3.63) is 18.0 Å². The highest BCUT2D eigenvalue weighted by Gasteiger charge is 2.10. The Hall–Kier alpha value is -0.480. The number of rotatable bonds is 6. The minimum absolute atomic E-state index is 0.258. The molecule has 16 heavy (non-hydrogen) atoms. The zero-order chi connectivity index (χ0) is 12.1. The lowest BCUT2D eigenvalue weighted by Crippen LogP contribution is -2.15. The first-order valence-corrected chi connectivity index (χ1v) is 6.93. The monoisotopic (exact) mass is 242 g/mol. The summed E-state index contributed by atoms with van der Waals surface area (Å²) >= 11 is 1.74. The van der Waals surface area contributed by atoms with Gasteiger partial charge in [-0.25, -0.2) is 0 Å². The number of aromatic nitrogens is 2. The lowest BCUT2D eigenvalue weighted by molar-refractivity contribution is 0.196. The molecule has 1 rings (SSSR count). The molecule has 0 spiro atoms. The van der Waals surface area contributed by atoms with Gasteiger partial charge in [-0.3, -0.25) is 4.68 Å². The van der Waals surface area contributed by atoms with Crippen LogP contribution in [0.4, 0.5) is 0 Å². The van der Waals surface area contributed by atoms with Gasteiger partial charge in [0.2, 0.25) is 0 Å². The first-order valence-electron chi connectivity index (χ1n) is 5.88. The van der Waals surface area contributed by atoms with Crippen LogP contribution in [0.15, 0.2) is 12.3 Å². The van der Waals surface area contributed by atoms with Crippen molar-refractivity contribution in [1.29, 1.82) is 0 Å². The van der Waals surface area contributed by atoms with E-state index in [1.54, 1.807) is 11.8 Å². The highest BCUT2D eigenvalue weighted by molar-refractivity contribution is 7.99. The number of hydrogen-bond acceptors (Lipinski definition) is 3. The van der Waals surface area contributed by atoms with Gasteiger partial charge in [0.25, 0.3) is 0 Å². The fourth-order valence-corrected chi connectivity index (χ4v) is 2.11. The highest BCUT2D eigenvalue weighted by Crippen LogP contribution is 2.19. The summed E-state index contributed by atoms with van der Waals surface area (Å²) in [6, 6.07) is 2.53. The van der Waals surface area contributed by atoms with Gasteiger partial charge in [-0.2, -0.15) is 5.10 Å². The largest absolute Gasteiger partial charge is 0.392 e. The zero-order valence-electron chi connectivity index (χ0n) is 10.6. The van der Waals surface area contributed by atoms with Crippen LogP contribution in [-0.2, 0) is 5.75 Å². The average molecular weight is 242 g/mol. The van der Waals surface area contributed by atoms with E-state index < -0.39 is 0 Å². The summed E-state index contributed by atoms with van der Waals surface area (Å²) in [6.45, 7) is 8.20. The van der Waals surface area contributed by atoms with Gasteiger partial charge in [0.05, 0.1) is 11.8 Å². The second-order valence-corrected chi connectivity index (χ2v) is 5.67. The molecular weight excluding hydrogens is 220 g/mol. The molecular formula is C12H22N2OS. The van der Waals surface area contributed by atoms with Crippen LogP contribution in [0.1, 0.15) is 45.9 Å². The number of aliphatic hydroxyl groups excluding tert-OH is 1. The summed E-state index contributed by atoms with van der Waals surface area (Å²) in [4.78, 5) is 0. The Morgan fingerprint density at radius 1 is 1.44 bits per heavy atom. The number of hydrogen-bond donors (Lipinski definition) is 1. The molecule has 1 aromatic heterocycles. The van der Waals surface area contributed by atoms with E-state index in [0.717, 1.165) is 17.9 Å². The normalized spacial score (nSPS) is 17.1. The van der Waals surface area contributed by atoms with Crippen molar-refractivity contribution in [2.45, 2.75) is 57.3 Å². The van der Waals surface area contributed by atoms with Crippen LogP contribution in [0, 0.1) is 0 Å². The predicted molar refractivity (Wildman–Crippen MR) is 69.7 cm³/mol. The highest BCUT2D eigenvalue weighted by atomic mass is 32.2. The Morgan fingerprint density at radius 3 is 2.69 bits per heavy atom. The summed E-state index contributed by atoms with van der Waals surface area (Å²) in [5.41, 5.74) is 1.10. The summed E-state index contributed by atoms with van der Waals surface area (Å²) in [6.07, 6.45) is 2.87. The van der Waals surface area contributed by atoms with Gasteiger partial charge in [0.1, 0.15) is 0 Å². The molecule has 1 N–H and O–H groups in total. The van der Waals surface area contributed by atoms with E-state index in [4.69, 9.17) is 0 Å². The Kier molecular flexibility index (Phi) is 5.35. The third-order valence-electron chi connectivity index (χ3n) is 2.88. The number of aliphatic hydroxyl groups is 1. The van der Waals surface area contributed by atoms with Crippen LogP contribution >= 0.6 is 11.8 Å². The van der Waals surface area contributed by atoms with Gasteiger partial charge in [0.15, 0.2) is 0 Å². The molecule has 0 saturated carbocycles. The van der Waals surface area contributed by atoms with Crippen molar-refractivity contribution in [2.24, 2.45) is 0 Å². The molecule has 1 heterocycles. The van der Waals surface area contributed by atoms with Crippen LogP contribution in [0.3, 0.4) is 0 Å². The fraction of sp³-hybridized carbons (Fsp3) is 0.750. The molecule has 0 aliphatic heterocycles. The molecule has 4 heteroatoms. The molecule has 0 amide bonds. The SMILES string of the molecule is CCC(C)n1ccc(CSC(C)C(C)O)n1. The Balaban J connectivity index is 2.46. The van der Waals surface area contributed by atoms with E-state index in [1.807, 2.05) is 24.7 Å². The van der Waals surface area contributed by atoms with E-state index >= 15 is 0 Å². The van der Waals surface area contributed by atoms with E-state index in [9.17, 15) is 5.11 Å². The molecule has 0 fully saturated rings. The van der Waals surface area contributed by atoms with Crippen LogP contribution in [0.25, 0.3) is 0 Å². The van der Waals surface area contributed by atoms with Gasteiger partial charge < -0.3 is 5.11 Å². The third kappa shape index (κ3) is 3.83. The lowest BCUT2D eigenvalue weighted by Gasteiger charge is -2.13. The average Bonchev–Trinajstić information content (AvgIpc) is 2.73. The van der Waals surface area contributed by atoms with E-state index in [0.29, 0.717) is 6.04 Å². The van der Waals surface area contributed by atoms with Gasteiger partial charge in [-0.05, 0) is 26.3 Å². The number of thioether (sulfide) groups is 1. The standard InChI is InChI=1S/C12H22N2OS/c1-5-9(2)14-7-6-12(13-14)8-16-11(4)10(3)15/h6-7,9-11,15H,5,8H2,1-4H3. The quantitative estimate of drug-likeness (QED) is 0.833. The first kappa shape index (κ1) is 13.6. The molecule has 92 valence electrons. The van der Waals surface area contributed by atoms with Crippen molar-refractivity contribution >= 4 is 11.8 Å². The minimum Gasteiger partial charge on any atom is -0.392 e. The van der Waals surface area contributed by atoms with Gasteiger partial charge in [-0.1, -0.05) is 13.8 Å². The lowest BCUT2D eigenvalue weighted by atomic mass is 10.3. The van der Waals surface area contributed by atoms with Crippen molar-refractivity contribution in [1.82, 2.24) is 9.78 Å². The second kappa shape index (κ2) is 6.30. The molecule has 0 aliphatic rings. The van der Waals surface area contributed by atoms with Gasteiger partial charge >= 0.3 is 0 Å². The third-order valence-corrected chi connectivity index (χ3v) is 4.26. The maximum atomic E-state index is 9.38. The Labute approximate surface area is 102 Å². The van der Waals surface area contributed by atoms with E-state index in [1.165, 1.54) is 0 Å². The second-order valence-electron chi connectivity index (χ2n) is 4.30. The molecule has 0 bridgehead atoms. The van der Waals surface area contributed by atoms with Gasteiger partial charge in [0, 0.05) is 23.2 Å². The minimum atomic E-state index is -0.262. The smallest absolute Gasteiger partial charge is 0.0723 e. The maximum Gasteiger partial charge on any atom is 0.0723 e. The number of nitrogens with zero attached hydrogens (tertiary/aromatic N) is 2. The Bertz CT molecular complexity index is 312. The summed E-state index contributed by atoms with van der Waals surface area (Å²) in [7, 11) is 0. The molecule has 3 atom stereocenters. The van der Waals surface area contributed by atoms with Crippen LogP contribution in [0.2, 0.25) is 0 Å². The van der Waals surface area contributed by atoms with Crippen molar-refractivity contribution in [3.8, 4) is 0 Å². The van der Waals surface area contributed by atoms with Crippen LogP contribution < -0.4 is 0 Å². The van der Waals surface area contributed by atoms with Crippen LogP contribution in [-0.4, -0.2) is 26.2 Å². The van der Waals surface area contributed by atoms with E-state index in [2.05, 4.69) is 25.0 Å². The fourth-order valence-electron chi connectivity index (χ4n) is 1.24. The summed E-state index contributed by atoms with van der Waals surface area (Å²) in [5, 5.41) is 14.2. The van der Waals surface area contributed by atoms with Crippen LogP contribution in [0.5, 0.6) is 0 Å². The summed E-state index contributed by atoms with van der Waals surface area (Å²) in [5.74, 6) is 0.871. The molecule has 0 aromatic carbocycles. The van der Waals surface area contributed by atoms with Crippen molar-refractivity contribution in [3.63, 3.8) is 0 Å². The van der Waals surface area contributed by atoms with E-state index in [-0.39, 0.29) is 11.4 Å². The predicted octanol–water partition coefficient (Wildman–Crippen LogP) is 2.86. The molecule has 3 unspecified atom stereocenters. The topological polar surface area (TPSA) is 38.0 Å². The molecule has 3 nitrogen and oxygen atoms in total. The molecule has 0 aliphatic carbocycles. The Morgan fingerprint density at radius 2 is 2.12 bits per heavy atom.